The highest BCUT2D eigenvalue weighted by Crippen LogP contribution is 2.32. The van der Waals surface area contributed by atoms with E-state index in [1.807, 2.05) is 48.5 Å². The van der Waals surface area contributed by atoms with Gasteiger partial charge < -0.3 is 9.52 Å². The number of nitrogens with zero attached hydrogens (tertiary/aromatic N) is 1. The van der Waals surface area contributed by atoms with Crippen molar-refractivity contribution in [3.63, 3.8) is 0 Å². The fraction of sp³-hybridized carbons (Fsp3) is 0.160. The first-order valence-corrected chi connectivity index (χ1v) is 11.1. The molecule has 0 saturated carbocycles. The molecule has 0 unspecified atom stereocenters. The summed E-state index contributed by atoms with van der Waals surface area (Å²) in [6, 6.07) is 24.1. The second-order valence-corrected chi connectivity index (χ2v) is 8.88. The molecule has 0 spiro atoms. The predicted molar refractivity (Wildman–Crippen MR) is 126 cm³/mol. The van der Waals surface area contributed by atoms with Crippen LogP contribution >= 0.6 is 23.5 Å². The lowest BCUT2D eigenvalue weighted by atomic mass is 10.1. The zero-order chi connectivity index (χ0) is 21.8. The molecule has 158 valence electrons. The van der Waals surface area contributed by atoms with Crippen molar-refractivity contribution in [2.45, 2.75) is 24.8 Å². The number of hydrogen-bond donors (Lipinski definition) is 1. The molecule has 1 aromatic heterocycles. The summed E-state index contributed by atoms with van der Waals surface area (Å²) in [6.45, 7) is 3.31. The Kier molecular flexibility index (Phi) is 6.66. The molecule has 4 rings (SSSR count). The predicted octanol–water partition coefficient (Wildman–Crippen LogP) is 6.84. The number of benzene rings is 3. The van der Waals surface area contributed by atoms with E-state index in [1.165, 1.54) is 5.56 Å². The van der Waals surface area contributed by atoms with Crippen molar-refractivity contribution in [2.75, 3.05) is 6.54 Å². The van der Waals surface area contributed by atoms with Crippen LogP contribution in [-0.4, -0.2) is 21.9 Å². The van der Waals surface area contributed by atoms with Crippen molar-refractivity contribution in [1.82, 2.24) is 4.31 Å². The quantitative estimate of drug-likeness (QED) is 0.297. The summed E-state index contributed by atoms with van der Waals surface area (Å²) < 4.78 is 7.78. The minimum atomic E-state index is -1.05. The Bertz CT molecular complexity index is 1210. The summed E-state index contributed by atoms with van der Waals surface area (Å²) >= 11 is 8.05. The van der Waals surface area contributed by atoms with Gasteiger partial charge in [0.2, 0.25) is 5.76 Å². The molecule has 4 aromatic rings. The van der Waals surface area contributed by atoms with Crippen LogP contribution in [0.25, 0.3) is 11.0 Å². The van der Waals surface area contributed by atoms with Crippen LogP contribution in [0, 0.1) is 6.92 Å². The van der Waals surface area contributed by atoms with E-state index >= 15 is 0 Å². The number of hydrogen-bond acceptors (Lipinski definition) is 4. The lowest BCUT2D eigenvalue weighted by Gasteiger charge is -2.22. The molecule has 1 heterocycles. The van der Waals surface area contributed by atoms with E-state index in [1.54, 1.807) is 18.9 Å². The molecule has 0 aliphatic rings. The second kappa shape index (κ2) is 9.60. The Morgan fingerprint density at radius 3 is 2.55 bits per heavy atom. The molecule has 3 aromatic carbocycles. The molecule has 31 heavy (non-hydrogen) atoms. The molecule has 0 aliphatic heterocycles. The van der Waals surface area contributed by atoms with Crippen LogP contribution in [0.15, 0.2) is 82.1 Å². The van der Waals surface area contributed by atoms with E-state index in [4.69, 9.17) is 16.0 Å². The van der Waals surface area contributed by atoms with E-state index in [9.17, 15) is 9.90 Å². The second-order valence-electron chi connectivity index (χ2n) is 7.30. The fourth-order valence-electron chi connectivity index (χ4n) is 3.48. The monoisotopic (exact) mass is 451 g/mol. The first-order chi connectivity index (χ1) is 15.0. The fourth-order valence-corrected chi connectivity index (χ4v) is 4.66. The molecule has 0 saturated heterocycles. The number of fused-ring (bicyclic) bond motifs is 1. The number of rotatable bonds is 8. The molecule has 0 radical (unpaired) electrons. The Morgan fingerprint density at radius 1 is 1.06 bits per heavy atom. The maximum atomic E-state index is 11.4. The van der Waals surface area contributed by atoms with Crippen LogP contribution in [0.4, 0.5) is 0 Å². The Hall–Kier alpha value is -2.73. The van der Waals surface area contributed by atoms with E-state index in [0.29, 0.717) is 17.7 Å². The average molecular weight is 452 g/mol. The van der Waals surface area contributed by atoms with Crippen molar-refractivity contribution < 1.29 is 14.3 Å². The summed E-state index contributed by atoms with van der Waals surface area (Å²) in [7, 11) is 0. The molecular formula is C25H22ClNO3S. The zero-order valence-electron chi connectivity index (χ0n) is 17.0. The van der Waals surface area contributed by atoms with Crippen LogP contribution in [0.5, 0.6) is 0 Å². The van der Waals surface area contributed by atoms with Crippen LogP contribution in [0.1, 0.15) is 27.2 Å². The summed E-state index contributed by atoms with van der Waals surface area (Å²) in [5, 5.41) is 10.9. The SMILES string of the molecule is Cc1c(C(=O)O)oc2ccc(SN(CCc3ccccc3)Cc3ccccc3Cl)cc12. The van der Waals surface area contributed by atoms with Crippen molar-refractivity contribution in [3.8, 4) is 0 Å². The van der Waals surface area contributed by atoms with Crippen molar-refractivity contribution in [2.24, 2.45) is 0 Å². The number of halogens is 1. The smallest absolute Gasteiger partial charge is 0.372 e. The van der Waals surface area contributed by atoms with Gasteiger partial charge in [-0.1, -0.05) is 60.1 Å². The maximum absolute atomic E-state index is 11.4. The standard InChI is InChI=1S/C25H22ClNO3S/c1-17-21-15-20(11-12-23(21)30-24(17)25(28)29)31-27(14-13-18-7-3-2-4-8-18)16-19-9-5-6-10-22(19)26/h2-12,15H,13-14,16H2,1H3,(H,28,29). The third-order valence-corrected chi connectivity index (χ3v) is 6.54. The number of carboxylic acid groups (broad SMARTS) is 1. The number of carbonyl (C=O) groups is 1. The van der Waals surface area contributed by atoms with Gasteiger partial charge in [-0.25, -0.2) is 9.10 Å². The average Bonchev–Trinajstić information content (AvgIpc) is 3.11. The molecule has 0 bridgehead atoms. The highest BCUT2D eigenvalue weighted by Gasteiger charge is 2.18. The van der Waals surface area contributed by atoms with Crippen LogP contribution in [0.2, 0.25) is 5.02 Å². The highest BCUT2D eigenvalue weighted by atomic mass is 35.5. The van der Waals surface area contributed by atoms with Gasteiger partial charge in [0.15, 0.2) is 0 Å². The zero-order valence-corrected chi connectivity index (χ0v) is 18.6. The van der Waals surface area contributed by atoms with Gasteiger partial charge in [0, 0.05) is 34.0 Å². The van der Waals surface area contributed by atoms with E-state index < -0.39 is 5.97 Å². The summed E-state index contributed by atoms with van der Waals surface area (Å²) in [4.78, 5) is 12.4. The molecule has 6 heteroatoms. The minimum Gasteiger partial charge on any atom is -0.475 e. The molecule has 0 atom stereocenters. The summed E-state index contributed by atoms with van der Waals surface area (Å²) in [5.41, 5.74) is 3.58. The Labute approximate surface area is 190 Å². The van der Waals surface area contributed by atoms with Gasteiger partial charge in [-0.3, -0.25) is 0 Å². The number of carboxylic acids is 1. The normalized spacial score (nSPS) is 11.3. The van der Waals surface area contributed by atoms with Crippen LogP contribution < -0.4 is 0 Å². The van der Waals surface area contributed by atoms with E-state index in [-0.39, 0.29) is 5.76 Å². The molecule has 0 amide bonds. The topological polar surface area (TPSA) is 53.7 Å². The van der Waals surface area contributed by atoms with Gasteiger partial charge in [-0.15, -0.1) is 0 Å². The maximum Gasteiger partial charge on any atom is 0.372 e. The lowest BCUT2D eigenvalue weighted by molar-refractivity contribution is 0.0664. The third-order valence-electron chi connectivity index (χ3n) is 5.13. The summed E-state index contributed by atoms with van der Waals surface area (Å²) in [5.74, 6) is -1.06. The van der Waals surface area contributed by atoms with Crippen molar-refractivity contribution >= 4 is 40.5 Å². The number of aromatic carboxylic acids is 1. The molecule has 0 aliphatic carbocycles. The first kappa shape index (κ1) is 21.5. The largest absolute Gasteiger partial charge is 0.475 e. The van der Waals surface area contributed by atoms with E-state index in [2.05, 4.69) is 28.6 Å². The van der Waals surface area contributed by atoms with Gasteiger partial charge in [-0.05, 0) is 60.7 Å². The van der Waals surface area contributed by atoms with Gasteiger partial charge in [-0.2, -0.15) is 0 Å². The Morgan fingerprint density at radius 2 is 1.81 bits per heavy atom. The first-order valence-electron chi connectivity index (χ1n) is 9.98. The van der Waals surface area contributed by atoms with Gasteiger partial charge in [0.25, 0.3) is 0 Å². The number of aryl methyl sites for hydroxylation is 1. The van der Waals surface area contributed by atoms with Gasteiger partial charge in [0.1, 0.15) is 5.58 Å². The van der Waals surface area contributed by atoms with E-state index in [0.717, 1.165) is 33.8 Å². The van der Waals surface area contributed by atoms with Crippen molar-refractivity contribution in [3.05, 3.63) is 100 Å². The third kappa shape index (κ3) is 5.13. The molecular weight excluding hydrogens is 430 g/mol. The Balaban J connectivity index is 1.59. The van der Waals surface area contributed by atoms with Gasteiger partial charge in [0.05, 0.1) is 0 Å². The van der Waals surface area contributed by atoms with Crippen LogP contribution in [0.3, 0.4) is 0 Å². The van der Waals surface area contributed by atoms with Crippen molar-refractivity contribution in [1.29, 1.82) is 0 Å². The molecule has 4 nitrogen and oxygen atoms in total. The highest BCUT2D eigenvalue weighted by molar-refractivity contribution is 7.97. The lowest BCUT2D eigenvalue weighted by Crippen LogP contribution is -2.18. The number of furan rings is 1. The molecule has 1 N–H and O–H groups in total. The minimum absolute atomic E-state index is 0.00542. The van der Waals surface area contributed by atoms with Crippen LogP contribution in [-0.2, 0) is 13.0 Å². The van der Waals surface area contributed by atoms with Gasteiger partial charge >= 0.3 is 5.97 Å². The molecule has 0 fully saturated rings. The summed E-state index contributed by atoms with van der Waals surface area (Å²) in [6.07, 6.45) is 0.911.